The number of amides is 2. The Kier molecular flexibility index (Phi) is 5.17. The van der Waals surface area contributed by atoms with Crippen LogP contribution >= 0.6 is 11.3 Å². The molecule has 110 valence electrons. The van der Waals surface area contributed by atoms with Crippen molar-refractivity contribution < 1.29 is 9.59 Å². The van der Waals surface area contributed by atoms with Crippen LogP contribution in [0.2, 0.25) is 0 Å². The zero-order valence-corrected chi connectivity index (χ0v) is 13.0. The van der Waals surface area contributed by atoms with Gasteiger partial charge in [0.15, 0.2) is 0 Å². The number of anilines is 1. The van der Waals surface area contributed by atoms with Crippen LogP contribution in [-0.2, 0) is 17.6 Å². The number of fused-ring (bicyclic) bond motifs is 1. The normalized spacial score (nSPS) is 13.7. The number of unbranched alkanes of at least 4 members (excludes halogenated alkanes) is 1. The van der Waals surface area contributed by atoms with Crippen LogP contribution in [0.25, 0.3) is 0 Å². The van der Waals surface area contributed by atoms with Gasteiger partial charge >= 0.3 is 0 Å². The molecule has 2 rings (SSSR count). The number of rotatable bonds is 5. The molecule has 0 fully saturated rings. The highest BCUT2D eigenvalue weighted by Crippen LogP contribution is 2.38. The molecule has 0 aromatic carbocycles. The molecule has 0 radical (unpaired) electrons. The fourth-order valence-electron chi connectivity index (χ4n) is 2.55. The third kappa shape index (κ3) is 3.20. The second kappa shape index (κ2) is 6.88. The largest absolute Gasteiger partial charge is 0.355 e. The maximum atomic E-state index is 12.1. The first-order chi connectivity index (χ1) is 9.67. The number of carbonyl (C=O) groups is 2. The molecule has 2 N–H and O–H groups in total. The molecular weight excluding hydrogens is 272 g/mol. The fourth-order valence-corrected chi connectivity index (χ4v) is 3.85. The molecule has 0 unspecified atom stereocenters. The van der Waals surface area contributed by atoms with Crippen molar-refractivity contribution in [1.29, 1.82) is 0 Å². The van der Waals surface area contributed by atoms with E-state index in [1.54, 1.807) is 18.4 Å². The second-order valence-corrected chi connectivity index (χ2v) is 6.25. The molecule has 0 aliphatic heterocycles. The summed E-state index contributed by atoms with van der Waals surface area (Å²) in [7, 11) is 1.64. The highest BCUT2D eigenvalue weighted by Gasteiger charge is 2.25. The molecule has 1 aliphatic rings. The monoisotopic (exact) mass is 294 g/mol. The van der Waals surface area contributed by atoms with Gasteiger partial charge in [0, 0.05) is 18.3 Å². The Bertz CT molecular complexity index is 508. The number of thiophene rings is 1. The number of hydrogen-bond donors (Lipinski definition) is 2. The number of carbonyl (C=O) groups excluding carboxylic acids is 2. The Balaban J connectivity index is 2.25. The molecule has 1 aromatic heterocycles. The first-order valence-corrected chi connectivity index (χ1v) is 8.15. The molecule has 5 heteroatoms. The average molecular weight is 294 g/mol. The lowest BCUT2D eigenvalue weighted by atomic mass is 9.95. The third-order valence-electron chi connectivity index (χ3n) is 3.64. The van der Waals surface area contributed by atoms with Gasteiger partial charge in [-0.25, -0.2) is 0 Å². The Labute approximate surface area is 124 Å². The third-order valence-corrected chi connectivity index (χ3v) is 4.84. The van der Waals surface area contributed by atoms with Crippen LogP contribution in [0.4, 0.5) is 5.00 Å². The van der Waals surface area contributed by atoms with Crippen molar-refractivity contribution in [3.63, 3.8) is 0 Å². The first kappa shape index (κ1) is 15.0. The Morgan fingerprint density at radius 1 is 1.25 bits per heavy atom. The standard InChI is InChI=1S/C15H22N2O2S/c1-3-4-9-12(18)17-15-13(14(19)16-2)10-7-5-6-8-11(10)20-15/h3-9H2,1-2H3,(H,16,19)(H,17,18). The zero-order valence-electron chi connectivity index (χ0n) is 12.2. The van der Waals surface area contributed by atoms with Crippen molar-refractivity contribution in [2.45, 2.75) is 51.9 Å². The van der Waals surface area contributed by atoms with Gasteiger partial charge in [-0.15, -0.1) is 11.3 Å². The molecule has 0 saturated heterocycles. The van der Waals surface area contributed by atoms with Crippen molar-refractivity contribution in [3.8, 4) is 0 Å². The summed E-state index contributed by atoms with van der Waals surface area (Å²) in [5.74, 6) is -0.0780. The maximum absolute atomic E-state index is 12.1. The predicted molar refractivity (Wildman–Crippen MR) is 82.5 cm³/mol. The van der Waals surface area contributed by atoms with E-state index in [1.807, 2.05) is 0 Å². The minimum Gasteiger partial charge on any atom is -0.355 e. The van der Waals surface area contributed by atoms with Crippen LogP contribution in [0.1, 0.15) is 59.8 Å². The first-order valence-electron chi connectivity index (χ1n) is 7.33. The van der Waals surface area contributed by atoms with E-state index in [0.29, 0.717) is 12.0 Å². The minimum atomic E-state index is -0.0878. The van der Waals surface area contributed by atoms with Crippen molar-refractivity contribution in [2.24, 2.45) is 0 Å². The van der Waals surface area contributed by atoms with Gasteiger partial charge in [-0.2, -0.15) is 0 Å². The van der Waals surface area contributed by atoms with Gasteiger partial charge in [0.05, 0.1) is 5.56 Å². The molecule has 0 saturated carbocycles. The van der Waals surface area contributed by atoms with Crippen molar-refractivity contribution >= 4 is 28.2 Å². The lowest BCUT2D eigenvalue weighted by Crippen LogP contribution is -2.22. The smallest absolute Gasteiger partial charge is 0.254 e. The average Bonchev–Trinajstić information content (AvgIpc) is 2.82. The van der Waals surface area contributed by atoms with Gasteiger partial charge < -0.3 is 10.6 Å². The predicted octanol–water partition coefficient (Wildman–Crippen LogP) is 3.12. The molecule has 1 aromatic rings. The van der Waals surface area contributed by atoms with Gasteiger partial charge in [0.25, 0.3) is 5.91 Å². The van der Waals surface area contributed by atoms with Crippen LogP contribution in [0.15, 0.2) is 0 Å². The van der Waals surface area contributed by atoms with E-state index >= 15 is 0 Å². The molecule has 0 spiro atoms. The lowest BCUT2D eigenvalue weighted by Gasteiger charge is -2.12. The highest BCUT2D eigenvalue weighted by atomic mass is 32.1. The molecule has 20 heavy (non-hydrogen) atoms. The number of aryl methyl sites for hydroxylation is 1. The van der Waals surface area contributed by atoms with Crippen LogP contribution in [0.3, 0.4) is 0 Å². The summed E-state index contributed by atoms with van der Waals surface area (Å²) in [4.78, 5) is 25.3. The summed E-state index contributed by atoms with van der Waals surface area (Å²) in [6, 6.07) is 0. The number of hydrogen-bond acceptors (Lipinski definition) is 3. The molecule has 4 nitrogen and oxygen atoms in total. The van der Waals surface area contributed by atoms with E-state index in [2.05, 4.69) is 17.6 Å². The van der Waals surface area contributed by atoms with E-state index in [4.69, 9.17) is 0 Å². The van der Waals surface area contributed by atoms with E-state index in [1.165, 1.54) is 11.3 Å². The highest BCUT2D eigenvalue weighted by molar-refractivity contribution is 7.17. The fraction of sp³-hybridized carbons (Fsp3) is 0.600. The topological polar surface area (TPSA) is 58.2 Å². The van der Waals surface area contributed by atoms with Crippen LogP contribution in [0.5, 0.6) is 0 Å². The van der Waals surface area contributed by atoms with Crippen LogP contribution < -0.4 is 10.6 Å². The Morgan fingerprint density at radius 3 is 2.70 bits per heavy atom. The van der Waals surface area contributed by atoms with E-state index in [0.717, 1.165) is 42.7 Å². The van der Waals surface area contributed by atoms with Gasteiger partial charge in [0.1, 0.15) is 5.00 Å². The quantitative estimate of drug-likeness (QED) is 0.876. The Morgan fingerprint density at radius 2 is 2.00 bits per heavy atom. The summed E-state index contributed by atoms with van der Waals surface area (Å²) in [6.07, 6.45) is 6.66. The van der Waals surface area contributed by atoms with E-state index in [9.17, 15) is 9.59 Å². The van der Waals surface area contributed by atoms with E-state index in [-0.39, 0.29) is 11.8 Å². The van der Waals surface area contributed by atoms with Gasteiger partial charge in [-0.3, -0.25) is 9.59 Å². The van der Waals surface area contributed by atoms with Gasteiger partial charge in [-0.1, -0.05) is 13.3 Å². The molecule has 1 aliphatic carbocycles. The van der Waals surface area contributed by atoms with Gasteiger partial charge in [0.2, 0.25) is 5.91 Å². The number of nitrogens with one attached hydrogen (secondary N) is 2. The molecular formula is C15H22N2O2S. The molecule has 1 heterocycles. The van der Waals surface area contributed by atoms with Crippen molar-refractivity contribution in [2.75, 3.05) is 12.4 Å². The summed E-state index contributed by atoms with van der Waals surface area (Å²) >= 11 is 1.57. The van der Waals surface area contributed by atoms with Crippen LogP contribution in [0, 0.1) is 0 Å². The summed E-state index contributed by atoms with van der Waals surface area (Å²) in [6.45, 7) is 2.06. The SMILES string of the molecule is CCCCC(=O)Nc1sc2c(c1C(=O)NC)CCCC2. The molecule has 0 atom stereocenters. The summed E-state index contributed by atoms with van der Waals surface area (Å²) < 4.78 is 0. The second-order valence-electron chi connectivity index (χ2n) is 5.15. The van der Waals surface area contributed by atoms with Crippen molar-refractivity contribution in [3.05, 3.63) is 16.0 Å². The Hall–Kier alpha value is -1.36. The zero-order chi connectivity index (χ0) is 14.5. The lowest BCUT2D eigenvalue weighted by molar-refractivity contribution is -0.116. The van der Waals surface area contributed by atoms with Crippen LogP contribution in [-0.4, -0.2) is 18.9 Å². The van der Waals surface area contributed by atoms with E-state index < -0.39 is 0 Å². The van der Waals surface area contributed by atoms with Crippen molar-refractivity contribution in [1.82, 2.24) is 5.32 Å². The summed E-state index contributed by atoms with van der Waals surface area (Å²) in [5, 5.41) is 6.36. The molecule has 2 amide bonds. The van der Waals surface area contributed by atoms with Gasteiger partial charge in [-0.05, 0) is 37.7 Å². The minimum absolute atomic E-state index is 0.00981. The maximum Gasteiger partial charge on any atom is 0.254 e. The molecule has 0 bridgehead atoms. The summed E-state index contributed by atoms with van der Waals surface area (Å²) in [5.41, 5.74) is 1.84.